The van der Waals surface area contributed by atoms with Crippen LogP contribution in [0.1, 0.15) is 57.6 Å². The molecule has 0 amide bonds. The van der Waals surface area contributed by atoms with Crippen molar-refractivity contribution >= 4 is 28.2 Å². The van der Waals surface area contributed by atoms with Gasteiger partial charge in [-0.1, -0.05) is 13.0 Å². The fraction of sp³-hybridized carbons (Fsp3) is 0.543. The Labute approximate surface area is 267 Å². The third-order valence-electron chi connectivity index (χ3n) is 9.83. The number of hydrogen-bond acceptors (Lipinski definition) is 8. The molecule has 2 aromatic carbocycles. The van der Waals surface area contributed by atoms with Crippen LogP contribution in [0.2, 0.25) is 0 Å². The van der Waals surface area contributed by atoms with E-state index in [0.29, 0.717) is 60.4 Å². The van der Waals surface area contributed by atoms with Crippen molar-refractivity contribution in [3.8, 4) is 5.75 Å². The summed E-state index contributed by atoms with van der Waals surface area (Å²) in [6.07, 6.45) is 3.33. The number of phenols is 1. The van der Waals surface area contributed by atoms with Gasteiger partial charge >= 0.3 is 6.02 Å². The normalized spacial score (nSPS) is 28.5. The lowest BCUT2D eigenvalue weighted by atomic mass is 9.84. The molecule has 3 unspecified atom stereocenters. The molecule has 2 N–H and O–H groups in total. The third-order valence-corrected chi connectivity index (χ3v) is 9.83. The molecule has 0 radical (unpaired) electrons. The molecule has 246 valence electrons. The maximum Gasteiger partial charge on any atom is 0.318 e. The van der Waals surface area contributed by atoms with Gasteiger partial charge in [0.2, 0.25) is 0 Å². The van der Waals surface area contributed by atoms with Crippen molar-refractivity contribution in [2.75, 3.05) is 39.3 Å². The maximum atomic E-state index is 16.8. The molecule has 5 aliphatic rings. The number of aliphatic imine (C=N–C) groups is 2. The molecule has 2 aromatic rings. The Balaban J connectivity index is 1.23. The minimum absolute atomic E-state index is 0.0593. The number of nitrogens with zero attached hydrogens (tertiary/aromatic N) is 4. The Morgan fingerprint density at radius 2 is 1.76 bits per heavy atom. The summed E-state index contributed by atoms with van der Waals surface area (Å²) < 4.78 is 60.0. The Morgan fingerprint density at radius 3 is 2.48 bits per heavy atom. The number of rotatable bonds is 6. The van der Waals surface area contributed by atoms with Crippen molar-refractivity contribution in [3.05, 3.63) is 58.6 Å². The lowest BCUT2D eigenvalue weighted by molar-refractivity contribution is -0.0686. The lowest BCUT2D eigenvalue weighted by Gasteiger charge is -2.39. The van der Waals surface area contributed by atoms with E-state index in [9.17, 15) is 9.50 Å². The molecule has 3 fully saturated rings. The standard InChI is InChI=1S/C35H42F3N5O3/c1-4-25-28(36)9-6-21-12-24(44)13-26(30(21)25)31-29(37)14-27-33(32(31)38)40-35(41-34(27)43-17-22-7-8-23(18-43)39-22)45-11-5-10-42-15-19(2)46-20(3)16-42/h6,9,12-13,19-20,22-23,27,39,44H,4-5,7-8,10-11,14-18H2,1-3H3/t19-,20+,22?,23?,27?. The third kappa shape index (κ3) is 5.93. The van der Waals surface area contributed by atoms with E-state index in [0.717, 1.165) is 38.9 Å². The van der Waals surface area contributed by atoms with Crippen molar-refractivity contribution in [2.24, 2.45) is 15.9 Å². The highest BCUT2D eigenvalue weighted by atomic mass is 19.1. The summed E-state index contributed by atoms with van der Waals surface area (Å²) in [5.41, 5.74) is 0.214. The predicted molar refractivity (Wildman–Crippen MR) is 173 cm³/mol. The summed E-state index contributed by atoms with van der Waals surface area (Å²) in [6, 6.07) is 6.29. The van der Waals surface area contributed by atoms with Crippen molar-refractivity contribution in [1.82, 2.24) is 15.1 Å². The number of aryl methyl sites for hydroxylation is 1. The molecule has 0 saturated carbocycles. The first-order chi connectivity index (χ1) is 22.2. The first kappa shape index (κ1) is 31.2. The van der Waals surface area contributed by atoms with Crippen LogP contribution in [0.4, 0.5) is 13.2 Å². The average Bonchev–Trinajstić information content (AvgIpc) is 3.35. The largest absolute Gasteiger partial charge is 0.508 e. The predicted octanol–water partition coefficient (Wildman–Crippen LogP) is 5.85. The molecule has 4 aliphatic heterocycles. The fourth-order valence-corrected chi connectivity index (χ4v) is 7.99. The number of halogens is 3. The molecular weight excluding hydrogens is 595 g/mol. The number of piperazine rings is 1. The van der Waals surface area contributed by atoms with Gasteiger partial charge in [0, 0.05) is 51.2 Å². The molecule has 7 rings (SSSR count). The molecule has 5 atom stereocenters. The van der Waals surface area contributed by atoms with E-state index in [2.05, 4.69) is 34.0 Å². The highest BCUT2D eigenvalue weighted by molar-refractivity contribution is 6.04. The second-order valence-electron chi connectivity index (χ2n) is 13.3. The second-order valence-corrected chi connectivity index (χ2v) is 13.3. The van der Waals surface area contributed by atoms with Crippen molar-refractivity contribution < 1.29 is 27.8 Å². The maximum absolute atomic E-state index is 16.8. The fourth-order valence-electron chi connectivity index (χ4n) is 7.99. The quantitative estimate of drug-likeness (QED) is 0.387. The van der Waals surface area contributed by atoms with E-state index < -0.39 is 23.4 Å². The van der Waals surface area contributed by atoms with Crippen LogP contribution >= 0.6 is 0 Å². The number of ether oxygens (including phenoxy) is 2. The summed E-state index contributed by atoms with van der Waals surface area (Å²) >= 11 is 0. The van der Waals surface area contributed by atoms with Gasteiger partial charge in [-0.15, -0.1) is 0 Å². The van der Waals surface area contributed by atoms with Crippen molar-refractivity contribution in [1.29, 1.82) is 0 Å². The number of amidine groups is 2. The van der Waals surface area contributed by atoms with E-state index in [4.69, 9.17) is 14.5 Å². The topological polar surface area (TPSA) is 81.9 Å². The number of hydrogen-bond donors (Lipinski definition) is 2. The van der Waals surface area contributed by atoms with Crippen LogP contribution < -0.4 is 5.32 Å². The lowest BCUT2D eigenvalue weighted by Crippen LogP contribution is -2.55. The van der Waals surface area contributed by atoms with Gasteiger partial charge in [0.05, 0.1) is 36.0 Å². The first-order valence-corrected chi connectivity index (χ1v) is 16.6. The van der Waals surface area contributed by atoms with Gasteiger partial charge in [-0.3, -0.25) is 4.90 Å². The molecule has 11 heteroatoms. The summed E-state index contributed by atoms with van der Waals surface area (Å²) in [5, 5.41) is 15.1. The Hall–Kier alpha value is -3.41. The highest BCUT2D eigenvalue weighted by Crippen LogP contribution is 2.47. The van der Waals surface area contributed by atoms with E-state index in [-0.39, 0.29) is 47.2 Å². The summed E-state index contributed by atoms with van der Waals surface area (Å²) in [7, 11) is 0. The Bertz CT molecular complexity index is 1630. The van der Waals surface area contributed by atoms with Crippen LogP contribution in [0.3, 0.4) is 0 Å². The number of nitrogens with one attached hydrogen (secondary N) is 1. The summed E-state index contributed by atoms with van der Waals surface area (Å²) in [6.45, 7) is 10.2. The van der Waals surface area contributed by atoms with Gasteiger partial charge in [-0.2, -0.15) is 9.98 Å². The number of benzene rings is 2. The first-order valence-electron chi connectivity index (χ1n) is 16.6. The van der Waals surface area contributed by atoms with Gasteiger partial charge in [0.15, 0.2) is 5.83 Å². The van der Waals surface area contributed by atoms with Crippen LogP contribution in [0, 0.1) is 11.7 Å². The zero-order valence-corrected chi connectivity index (χ0v) is 26.7. The molecule has 4 heterocycles. The molecule has 0 aromatic heterocycles. The molecule has 1 aliphatic carbocycles. The van der Waals surface area contributed by atoms with Crippen LogP contribution in [0.5, 0.6) is 5.75 Å². The number of morpholine rings is 1. The molecule has 8 nitrogen and oxygen atoms in total. The molecule has 3 saturated heterocycles. The average molecular weight is 638 g/mol. The van der Waals surface area contributed by atoms with Gasteiger partial charge in [0.1, 0.15) is 23.2 Å². The molecular formula is C35H42F3N5O3. The number of aromatic hydroxyl groups is 1. The van der Waals surface area contributed by atoms with E-state index >= 15 is 8.78 Å². The van der Waals surface area contributed by atoms with E-state index in [1.54, 1.807) is 6.92 Å². The monoisotopic (exact) mass is 637 g/mol. The van der Waals surface area contributed by atoms with Gasteiger partial charge in [-0.25, -0.2) is 13.2 Å². The van der Waals surface area contributed by atoms with Crippen LogP contribution in [0.25, 0.3) is 16.3 Å². The number of phenolic OH excluding ortho intramolecular Hbond substituents is 1. The second kappa shape index (κ2) is 12.7. The minimum atomic E-state index is -0.838. The Morgan fingerprint density at radius 1 is 1.02 bits per heavy atom. The van der Waals surface area contributed by atoms with Crippen LogP contribution in [0.15, 0.2) is 51.6 Å². The van der Waals surface area contributed by atoms with E-state index in [1.807, 2.05) is 0 Å². The van der Waals surface area contributed by atoms with Gasteiger partial charge in [-0.05, 0) is 79.6 Å². The van der Waals surface area contributed by atoms with Crippen LogP contribution in [-0.4, -0.2) is 90.4 Å². The van der Waals surface area contributed by atoms with E-state index in [1.165, 1.54) is 24.3 Å². The number of fused-ring (bicyclic) bond motifs is 4. The summed E-state index contributed by atoms with van der Waals surface area (Å²) in [4.78, 5) is 13.8. The molecule has 46 heavy (non-hydrogen) atoms. The molecule has 0 spiro atoms. The number of allylic oxidation sites excluding steroid dienone is 3. The highest BCUT2D eigenvalue weighted by Gasteiger charge is 2.42. The smallest absolute Gasteiger partial charge is 0.318 e. The van der Waals surface area contributed by atoms with Crippen molar-refractivity contribution in [3.63, 3.8) is 0 Å². The molecule has 2 bridgehead atoms. The van der Waals surface area contributed by atoms with Gasteiger partial charge in [0.25, 0.3) is 0 Å². The zero-order valence-electron chi connectivity index (χ0n) is 26.7. The minimum Gasteiger partial charge on any atom is -0.508 e. The van der Waals surface area contributed by atoms with Crippen molar-refractivity contribution in [2.45, 2.75) is 77.2 Å². The summed E-state index contributed by atoms with van der Waals surface area (Å²) in [5.74, 6) is -2.29. The van der Waals surface area contributed by atoms with Crippen LogP contribution in [-0.2, 0) is 15.9 Å². The number of likely N-dealkylation sites (tertiary alicyclic amines) is 1. The Kier molecular flexibility index (Phi) is 8.58. The van der Waals surface area contributed by atoms with Gasteiger partial charge < -0.3 is 24.8 Å². The SMILES string of the molecule is CCc1c(F)ccc2cc(O)cc(C3=C(F)CC4C(N5CC6CCC(C5)N6)=NC(OCCCN5C[C@@H](C)O[C@@H](C)C5)=NC4=C3F)c12. The zero-order chi connectivity index (χ0) is 32.1.